The summed E-state index contributed by atoms with van der Waals surface area (Å²) >= 11 is 5.43. The molecule has 0 saturated heterocycles. The van der Waals surface area contributed by atoms with Crippen molar-refractivity contribution in [1.29, 1.82) is 0 Å². The Morgan fingerprint density at radius 3 is 2.60 bits per heavy atom. The molecule has 0 N–H and O–H groups in total. The molecule has 1 aromatic rings. The van der Waals surface area contributed by atoms with Crippen LogP contribution in [-0.4, -0.2) is 22.3 Å². The quantitative estimate of drug-likeness (QED) is 0.610. The molecule has 0 unspecified atom stereocenters. The predicted octanol–water partition coefficient (Wildman–Crippen LogP) is 0.842. The molecule has 4 nitrogen and oxygen atoms in total. The summed E-state index contributed by atoms with van der Waals surface area (Å²) in [6.07, 6.45) is 0. The van der Waals surface area contributed by atoms with Crippen molar-refractivity contribution in [2.75, 3.05) is 7.11 Å². The Hall–Kier alpha value is -0.900. The number of rotatable bonds is 1. The van der Waals surface area contributed by atoms with E-state index in [0.29, 0.717) is 11.6 Å². The van der Waals surface area contributed by atoms with Crippen LogP contribution in [0.4, 0.5) is 0 Å². The highest BCUT2D eigenvalue weighted by Gasteiger charge is 2.01. The lowest BCUT2D eigenvalue weighted by molar-refractivity contribution is 0.389. The Balaban J connectivity index is 3.09. The lowest BCUT2D eigenvalue weighted by atomic mass is 10.5. The first-order chi connectivity index (χ1) is 4.74. The van der Waals surface area contributed by atoms with Crippen LogP contribution in [0, 0.1) is 6.92 Å². The van der Waals surface area contributed by atoms with Gasteiger partial charge in [0, 0.05) is 0 Å². The summed E-state index contributed by atoms with van der Waals surface area (Å²) in [5.41, 5.74) is 0.631. The van der Waals surface area contributed by atoms with Crippen molar-refractivity contribution >= 4 is 11.6 Å². The number of hydrogen-bond donors (Lipinski definition) is 0. The smallest absolute Gasteiger partial charge is 0.246 e. The van der Waals surface area contributed by atoms with E-state index >= 15 is 0 Å². The molecule has 0 saturated carbocycles. The van der Waals surface area contributed by atoms with E-state index in [1.807, 2.05) is 0 Å². The molecular weight excluding hydrogens is 154 g/mol. The Kier molecular flexibility index (Phi) is 2.01. The standard InChI is InChI=1S/C5H6ClN3O/c1-3-4(10-2)7-5(6)9-8-3/h1-2H3. The number of halogens is 1. The number of methoxy groups -OCH3 is 1. The normalized spacial score (nSPS) is 9.50. The molecule has 0 atom stereocenters. The second-order valence-electron chi connectivity index (χ2n) is 1.68. The van der Waals surface area contributed by atoms with E-state index < -0.39 is 0 Å². The molecule has 0 spiro atoms. The molecule has 0 bridgehead atoms. The fourth-order valence-corrected chi connectivity index (χ4v) is 0.654. The zero-order valence-electron chi connectivity index (χ0n) is 5.63. The van der Waals surface area contributed by atoms with Crippen molar-refractivity contribution in [3.8, 4) is 5.88 Å². The van der Waals surface area contributed by atoms with E-state index in [9.17, 15) is 0 Å². The molecule has 0 radical (unpaired) electrons. The van der Waals surface area contributed by atoms with Crippen LogP contribution in [0.3, 0.4) is 0 Å². The minimum atomic E-state index is 0.0995. The van der Waals surface area contributed by atoms with E-state index in [1.54, 1.807) is 6.92 Å². The van der Waals surface area contributed by atoms with Gasteiger partial charge in [0.25, 0.3) is 0 Å². The first-order valence-corrected chi connectivity index (χ1v) is 3.02. The average molecular weight is 160 g/mol. The van der Waals surface area contributed by atoms with Gasteiger partial charge in [-0.3, -0.25) is 0 Å². The van der Waals surface area contributed by atoms with Gasteiger partial charge < -0.3 is 4.74 Å². The van der Waals surface area contributed by atoms with Gasteiger partial charge in [-0.1, -0.05) is 0 Å². The maximum atomic E-state index is 5.43. The zero-order valence-corrected chi connectivity index (χ0v) is 6.38. The van der Waals surface area contributed by atoms with Gasteiger partial charge in [0.05, 0.1) is 7.11 Å². The molecule has 5 heteroatoms. The average Bonchev–Trinajstić information content (AvgIpc) is 1.94. The van der Waals surface area contributed by atoms with Gasteiger partial charge >= 0.3 is 0 Å². The number of ether oxygens (including phenoxy) is 1. The van der Waals surface area contributed by atoms with Crippen LogP contribution >= 0.6 is 11.6 Å². The van der Waals surface area contributed by atoms with E-state index in [0.717, 1.165) is 0 Å². The van der Waals surface area contributed by atoms with E-state index in [4.69, 9.17) is 16.3 Å². The van der Waals surface area contributed by atoms with Crippen molar-refractivity contribution in [2.24, 2.45) is 0 Å². The van der Waals surface area contributed by atoms with E-state index in [1.165, 1.54) is 7.11 Å². The summed E-state index contributed by atoms with van der Waals surface area (Å²) < 4.78 is 4.83. The minimum absolute atomic E-state index is 0.0995. The summed E-state index contributed by atoms with van der Waals surface area (Å²) in [4.78, 5) is 3.76. The maximum Gasteiger partial charge on any atom is 0.246 e. The molecule has 0 aliphatic rings. The first kappa shape index (κ1) is 7.21. The van der Waals surface area contributed by atoms with Crippen molar-refractivity contribution in [3.05, 3.63) is 11.0 Å². The van der Waals surface area contributed by atoms with Crippen molar-refractivity contribution in [3.63, 3.8) is 0 Å². The van der Waals surface area contributed by atoms with Crippen LogP contribution in [-0.2, 0) is 0 Å². The van der Waals surface area contributed by atoms with E-state index in [2.05, 4.69) is 15.2 Å². The molecule has 1 heterocycles. The molecular formula is C5H6ClN3O. The van der Waals surface area contributed by atoms with Crippen molar-refractivity contribution in [1.82, 2.24) is 15.2 Å². The summed E-state index contributed by atoms with van der Waals surface area (Å²) in [6.45, 7) is 1.75. The summed E-state index contributed by atoms with van der Waals surface area (Å²) in [6, 6.07) is 0. The van der Waals surface area contributed by atoms with Crippen LogP contribution in [0.5, 0.6) is 5.88 Å². The first-order valence-electron chi connectivity index (χ1n) is 2.65. The highest BCUT2D eigenvalue weighted by molar-refractivity contribution is 6.28. The van der Waals surface area contributed by atoms with Crippen LogP contribution in [0.25, 0.3) is 0 Å². The number of hydrogen-bond acceptors (Lipinski definition) is 4. The topological polar surface area (TPSA) is 47.9 Å². The van der Waals surface area contributed by atoms with Crippen molar-refractivity contribution in [2.45, 2.75) is 6.92 Å². The van der Waals surface area contributed by atoms with Crippen molar-refractivity contribution < 1.29 is 4.74 Å². The third-order valence-corrected chi connectivity index (χ3v) is 1.14. The molecule has 10 heavy (non-hydrogen) atoms. The van der Waals surface area contributed by atoms with Gasteiger partial charge in [-0.05, 0) is 18.5 Å². The Morgan fingerprint density at radius 1 is 1.40 bits per heavy atom. The van der Waals surface area contributed by atoms with Crippen LogP contribution in [0.2, 0.25) is 5.28 Å². The molecule has 1 aromatic heterocycles. The van der Waals surface area contributed by atoms with Gasteiger partial charge in [-0.15, -0.1) is 10.2 Å². The summed E-state index contributed by atoms with van der Waals surface area (Å²) in [5, 5.41) is 7.29. The van der Waals surface area contributed by atoms with Gasteiger partial charge in [0.2, 0.25) is 11.2 Å². The molecule has 54 valence electrons. The largest absolute Gasteiger partial charge is 0.480 e. The molecule has 0 aromatic carbocycles. The van der Waals surface area contributed by atoms with Crippen LogP contribution in [0.15, 0.2) is 0 Å². The highest BCUT2D eigenvalue weighted by atomic mass is 35.5. The lowest BCUT2D eigenvalue weighted by Gasteiger charge is -1.98. The van der Waals surface area contributed by atoms with Gasteiger partial charge in [0.15, 0.2) is 0 Å². The SMILES string of the molecule is COc1nc(Cl)nnc1C. The monoisotopic (exact) mass is 159 g/mol. The van der Waals surface area contributed by atoms with Gasteiger partial charge in [0.1, 0.15) is 5.69 Å². The zero-order chi connectivity index (χ0) is 7.56. The third kappa shape index (κ3) is 1.33. The lowest BCUT2D eigenvalue weighted by Crippen LogP contribution is -1.96. The predicted molar refractivity (Wildman–Crippen MR) is 36.1 cm³/mol. The molecule has 0 aliphatic carbocycles. The van der Waals surface area contributed by atoms with Gasteiger partial charge in [-0.25, -0.2) is 0 Å². The highest BCUT2D eigenvalue weighted by Crippen LogP contribution is 2.10. The molecule has 1 rings (SSSR count). The molecule has 0 aliphatic heterocycles. The number of nitrogens with zero attached hydrogens (tertiary/aromatic N) is 3. The number of aryl methyl sites for hydroxylation is 1. The second kappa shape index (κ2) is 2.79. The number of aromatic nitrogens is 3. The Morgan fingerprint density at radius 2 is 2.10 bits per heavy atom. The third-order valence-electron chi connectivity index (χ3n) is 0.979. The fourth-order valence-electron chi connectivity index (χ4n) is 0.539. The van der Waals surface area contributed by atoms with Gasteiger partial charge in [-0.2, -0.15) is 4.98 Å². The minimum Gasteiger partial charge on any atom is -0.480 e. The summed E-state index contributed by atoms with van der Waals surface area (Å²) in [7, 11) is 1.51. The Labute approximate surface area is 63.2 Å². The van der Waals surface area contributed by atoms with Crippen LogP contribution in [0.1, 0.15) is 5.69 Å². The molecule has 0 fully saturated rings. The Bertz CT molecular complexity index is 240. The van der Waals surface area contributed by atoms with Crippen LogP contribution < -0.4 is 4.74 Å². The molecule has 0 amide bonds. The van der Waals surface area contributed by atoms with E-state index in [-0.39, 0.29) is 5.28 Å². The second-order valence-corrected chi connectivity index (χ2v) is 2.01. The summed E-state index contributed by atoms with van der Waals surface area (Å²) in [5.74, 6) is 0.417. The fraction of sp³-hybridized carbons (Fsp3) is 0.400. The maximum absolute atomic E-state index is 5.43.